The number of carbonyl (C=O) groups excluding carboxylic acids is 1. The molecule has 0 radical (unpaired) electrons. The molecule has 0 amide bonds. The molecule has 0 spiro atoms. The van der Waals surface area contributed by atoms with Gasteiger partial charge in [0, 0.05) is 24.3 Å². The number of nitrogens with zero attached hydrogens (tertiary/aromatic N) is 2. The first kappa shape index (κ1) is 21.0. The van der Waals surface area contributed by atoms with E-state index in [9.17, 15) is 4.79 Å². The Hall–Kier alpha value is -3.23. The van der Waals surface area contributed by atoms with Crippen molar-refractivity contribution in [2.45, 2.75) is 6.10 Å². The van der Waals surface area contributed by atoms with E-state index in [1.54, 1.807) is 32.5 Å². The molecule has 1 unspecified atom stereocenters. The first-order chi connectivity index (χ1) is 15.1. The third kappa shape index (κ3) is 3.92. The van der Waals surface area contributed by atoms with Crippen LogP contribution in [0, 0.1) is 0 Å². The van der Waals surface area contributed by atoms with Crippen LogP contribution in [-0.2, 0) is 4.74 Å². The van der Waals surface area contributed by atoms with Crippen LogP contribution in [0.1, 0.15) is 22.4 Å². The number of ether oxygens (including phenoxy) is 3. The number of fused-ring (bicyclic) bond motifs is 1. The Morgan fingerprint density at radius 2 is 1.81 bits per heavy atom. The number of methoxy groups -OCH3 is 3. The van der Waals surface area contributed by atoms with Crippen molar-refractivity contribution in [2.24, 2.45) is 0 Å². The Labute approximate surface area is 187 Å². The fraction of sp³-hybridized carbons (Fsp3) is 0.174. The standard InChI is InChI=1S/C23H19BrN2O5/c1-28-18-10-13(11-19(29-2)20(18)24)17-12-31-23(26-17)21(27)22(30-3)15-6-4-8-16-14(15)7-5-9-25-16/h4-12,22H,1-3H3. The Kier molecular flexibility index (Phi) is 6.01. The molecule has 0 saturated carbocycles. The number of Topliss-reactive ketones (excluding diaryl/α,β-unsaturated/α-hetero) is 1. The van der Waals surface area contributed by atoms with Crippen LogP contribution in [0.2, 0.25) is 0 Å². The number of hydrogen-bond acceptors (Lipinski definition) is 7. The average molecular weight is 483 g/mol. The molecule has 158 valence electrons. The van der Waals surface area contributed by atoms with Gasteiger partial charge in [-0.1, -0.05) is 18.2 Å². The predicted molar refractivity (Wildman–Crippen MR) is 119 cm³/mol. The molecule has 31 heavy (non-hydrogen) atoms. The fourth-order valence-electron chi connectivity index (χ4n) is 3.38. The van der Waals surface area contributed by atoms with E-state index in [-0.39, 0.29) is 11.7 Å². The van der Waals surface area contributed by atoms with Gasteiger partial charge >= 0.3 is 0 Å². The summed E-state index contributed by atoms with van der Waals surface area (Å²) in [5.74, 6) is 0.705. The highest BCUT2D eigenvalue weighted by Gasteiger charge is 2.28. The van der Waals surface area contributed by atoms with Gasteiger partial charge in [0.1, 0.15) is 27.9 Å². The molecule has 0 aliphatic carbocycles. The molecule has 0 fully saturated rings. The molecule has 4 rings (SSSR count). The van der Waals surface area contributed by atoms with Gasteiger partial charge in [0.15, 0.2) is 6.10 Å². The summed E-state index contributed by atoms with van der Waals surface area (Å²) in [6, 6.07) is 12.8. The summed E-state index contributed by atoms with van der Waals surface area (Å²) in [4.78, 5) is 21.9. The lowest BCUT2D eigenvalue weighted by molar-refractivity contribution is 0.0573. The highest BCUT2D eigenvalue weighted by molar-refractivity contribution is 9.10. The number of hydrogen-bond donors (Lipinski definition) is 0. The lowest BCUT2D eigenvalue weighted by Crippen LogP contribution is -2.15. The quantitative estimate of drug-likeness (QED) is 0.333. The Morgan fingerprint density at radius 1 is 1.06 bits per heavy atom. The molecule has 0 aliphatic heterocycles. The maximum atomic E-state index is 13.2. The first-order valence-electron chi connectivity index (χ1n) is 9.35. The van der Waals surface area contributed by atoms with Crippen molar-refractivity contribution < 1.29 is 23.4 Å². The van der Waals surface area contributed by atoms with Gasteiger partial charge in [-0.25, -0.2) is 4.98 Å². The smallest absolute Gasteiger partial charge is 0.266 e. The summed E-state index contributed by atoms with van der Waals surface area (Å²) in [5, 5.41) is 0.833. The van der Waals surface area contributed by atoms with E-state index < -0.39 is 6.10 Å². The van der Waals surface area contributed by atoms with Gasteiger partial charge in [-0.05, 0) is 45.8 Å². The van der Waals surface area contributed by atoms with Gasteiger partial charge in [0.25, 0.3) is 11.7 Å². The van der Waals surface area contributed by atoms with Crippen molar-refractivity contribution in [3.05, 3.63) is 70.9 Å². The Morgan fingerprint density at radius 3 is 2.48 bits per heavy atom. The average Bonchev–Trinajstić information content (AvgIpc) is 3.30. The summed E-state index contributed by atoms with van der Waals surface area (Å²) in [5.41, 5.74) is 2.63. The van der Waals surface area contributed by atoms with Crippen LogP contribution >= 0.6 is 15.9 Å². The molecule has 0 aliphatic rings. The monoisotopic (exact) mass is 482 g/mol. The fourth-order valence-corrected chi connectivity index (χ4v) is 3.93. The molecule has 2 aromatic carbocycles. The topological polar surface area (TPSA) is 83.7 Å². The van der Waals surface area contributed by atoms with Crippen LogP contribution in [0.25, 0.3) is 22.2 Å². The minimum absolute atomic E-state index is 0.0522. The summed E-state index contributed by atoms with van der Waals surface area (Å²) >= 11 is 3.44. The summed E-state index contributed by atoms with van der Waals surface area (Å²) in [7, 11) is 4.60. The number of oxazole rings is 1. The van der Waals surface area contributed by atoms with Crippen LogP contribution in [0.5, 0.6) is 11.5 Å². The Balaban J connectivity index is 1.71. The Bertz CT molecular complexity index is 1220. The maximum absolute atomic E-state index is 13.2. The summed E-state index contributed by atoms with van der Waals surface area (Å²) in [6.07, 6.45) is 2.25. The zero-order valence-corrected chi connectivity index (χ0v) is 18.7. The van der Waals surface area contributed by atoms with Gasteiger partial charge in [0.2, 0.25) is 0 Å². The summed E-state index contributed by atoms with van der Waals surface area (Å²) < 4.78 is 22.5. The molecule has 1 atom stereocenters. The van der Waals surface area contributed by atoms with Crippen LogP contribution < -0.4 is 9.47 Å². The predicted octanol–water partition coefficient (Wildman–Crippen LogP) is 5.24. The van der Waals surface area contributed by atoms with Crippen LogP contribution in [0.3, 0.4) is 0 Å². The molecule has 8 heteroatoms. The van der Waals surface area contributed by atoms with Gasteiger partial charge in [-0.15, -0.1) is 0 Å². The second-order valence-electron chi connectivity index (χ2n) is 6.63. The lowest BCUT2D eigenvalue weighted by atomic mass is 10.00. The summed E-state index contributed by atoms with van der Waals surface area (Å²) in [6.45, 7) is 0. The van der Waals surface area contributed by atoms with Crippen molar-refractivity contribution in [1.29, 1.82) is 0 Å². The van der Waals surface area contributed by atoms with Crippen LogP contribution in [-0.4, -0.2) is 37.1 Å². The van der Waals surface area contributed by atoms with Gasteiger partial charge < -0.3 is 18.6 Å². The third-order valence-corrected chi connectivity index (χ3v) is 5.67. The van der Waals surface area contributed by atoms with Gasteiger partial charge in [-0.2, -0.15) is 0 Å². The molecule has 0 N–H and O–H groups in total. The number of carbonyl (C=O) groups is 1. The minimum Gasteiger partial charge on any atom is -0.495 e. The van der Waals surface area contributed by atoms with Gasteiger partial charge in [0.05, 0.1) is 19.7 Å². The third-order valence-electron chi connectivity index (χ3n) is 4.89. The highest BCUT2D eigenvalue weighted by atomic mass is 79.9. The highest BCUT2D eigenvalue weighted by Crippen LogP contribution is 2.39. The maximum Gasteiger partial charge on any atom is 0.266 e. The minimum atomic E-state index is -0.881. The van der Waals surface area contributed by atoms with Crippen molar-refractivity contribution in [3.63, 3.8) is 0 Å². The molecule has 0 saturated heterocycles. The second kappa shape index (κ2) is 8.87. The van der Waals surface area contributed by atoms with Crippen LogP contribution in [0.15, 0.2) is 63.8 Å². The molecule has 2 heterocycles. The molecule has 2 aromatic heterocycles. The SMILES string of the molecule is COc1cc(-c2coc(C(=O)C(OC)c3cccc4ncccc34)n2)cc(OC)c1Br. The molecule has 4 aromatic rings. The number of aromatic nitrogens is 2. The zero-order chi connectivity index (χ0) is 22.0. The largest absolute Gasteiger partial charge is 0.495 e. The number of rotatable bonds is 7. The zero-order valence-electron chi connectivity index (χ0n) is 17.1. The number of ketones is 1. The van der Waals surface area contributed by atoms with E-state index in [4.69, 9.17) is 18.6 Å². The number of pyridine rings is 1. The second-order valence-corrected chi connectivity index (χ2v) is 7.42. The van der Waals surface area contributed by atoms with Crippen molar-refractivity contribution in [2.75, 3.05) is 21.3 Å². The van der Waals surface area contributed by atoms with E-state index in [0.29, 0.717) is 32.8 Å². The number of benzene rings is 2. The molecular weight excluding hydrogens is 464 g/mol. The van der Waals surface area contributed by atoms with E-state index in [1.807, 2.05) is 30.3 Å². The van der Waals surface area contributed by atoms with E-state index in [0.717, 1.165) is 10.9 Å². The van der Waals surface area contributed by atoms with E-state index >= 15 is 0 Å². The normalized spacial score (nSPS) is 12.0. The lowest BCUT2D eigenvalue weighted by Gasteiger charge is -2.14. The van der Waals surface area contributed by atoms with Crippen molar-refractivity contribution >= 4 is 32.6 Å². The van der Waals surface area contributed by atoms with E-state index in [1.165, 1.54) is 13.4 Å². The van der Waals surface area contributed by atoms with Crippen LogP contribution in [0.4, 0.5) is 0 Å². The number of halogens is 1. The van der Waals surface area contributed by atoms with Gasteiger partial charge in [-0.3, -0.25) is 9.78 Å². The first-order valence-corrected chi connectivity index (χ1v) is 10.1. The molecule has 7 nitrogen and oxygen atoms in total. The van der Waals surface area contributed by atoms with Crippen molar-refractivity contribution in [3.8, 4) is 22.8 Å². The van der Waals surface area contributed by atoms with E-state index in [2.05, 4.69) is 25.9 Å². The molecule has 0 bridgehead atoms. The van der Waals surface area contributed by atoms with Crippen molar-refractivity contribution in [1.82, 2.24) is 9.97 Å². The molecular formula is C23H19BrN2O5.